The van der Waals surface area contributed by atoms with Gasteiger partial charge in [-0.15, -0.1) is 11.6 Å². The Morgan fingerprint density at radius 2 is 2.26 bits per heavy atom. The van der Waals surface area contributed by atoms with Crippen LogP contribution in [0.15, 0.2) is 22.7 Å². The maximum atomic E-state index is 12.5. The number of carbonyl (C=O) groups excluding carboxylic acids is 1. The smallest absolute Gasteiger partial charge is 0.257 e. The largest absolute Gasteiger partial charge is 0.496 e. The molecule has 0 saturated carbocycles. The number of benzene rings is 1. The number of hydrogen-bond acceptors (Lipinski definition) is 2. The number of nitrogens with zero attached hydrogens (tertiary/aromatic N) is 1. The Kier molecular flexibility index (Phi) is 4.74. The quantitative estimate of drug-likeness (QED) is 0.767. The number of piperidine rings is 1. The van der Waals surface area contributed by atoms with Gasteiger partial charge in [-0.1, -0.05) is 22.9 Å². The average molecular weight is 347 g/mol. The summed E-state index contributed by atoms with van der Waals surface area (Å²) in [5, 5.41) is 0.0270. The normalized spacial score (nSPS) is 23.3. The van der Waals surface area contributed by atoms with E-state index in [1.165, 1.54) is 0 Å². The minimum atomic E-state index is -0.0121. The minimum Gasteiger partial charge on any atom is -0.496 e. The highest BCUT2D eigenvalue weighted by atomic mass is 79.9. The van der Waals surface area contributed by atoms with Gasteiger partial charge in [0.1, 0.15) is 5.75 Å². The molecule has 0 radical (unpaired) electrons. The van der Waals surface area contributed by atoms with E-state index in [0.29, 0.717) is 23.8 Å². The molecule has 5 heteroatoms. The van der Waals surface area contributed by atoms with Crippen molar-refractivity contribution in [2.45, 2.75) is 18.7 Å². The zero-order chi connectivity index (χ0) is 14.0. The van der Waals surface area contributed by atoms with Crippen LogP contribution in [0, 0.1) is 5.92 Å². The highest BCUT2D eigenvalue weighted by Gasteiger charge is 2.29. The Morgan fingerprint density at radius 3 is 2.89 bits per heavy atom. The molecule has 2 atom stereocenters. The first-order valence-corrected chi connectivity index (χ1v) is 7.52. The Morgan fingerprint density at radius 1 is 1.53 bits per heavy atom. The van der Waals surface area contributed by atoms with E-state index in [9.17, 15) is 4.79 Å². The summed E-state index contributed by atoms with van der Waals surface area (Å²) < 4.78 is 6.17. The lowest BCUT2D eigenvalue weighted by Gasteiger charge is -2.34. The number of alkyl halides is 1. The van der Waals surface area contributed by atoms with Gasteiger partial charge in [0.25, 0.3) is 5.91 Å². The molecule has 1 aromatic carbocycles. The number of rotatable bonds is 2. The van der Waals surface area contributed by atoms with Crippen LogP contribution in [0.4, 0.5) is 0 Å². The maximum Gasteiger partial charge on any atom is 0.257 e. The zero-order valence-corrected chi connectivity index (χ0v) is 13.4. The summed E-state index contributed by atoms with van der Waals surface area (Å²) in [7, 11) is 1.57. The fraction of sp³-hybridized carbons (Fsp3) is 0.500. The number of likely N-dealkylation sites (tertiary alicyclic amines) is 1. The lowest BCUT2D eigenvalue weighted by atomic mass is 9.98. The fourth-order valence-corrected chi connectivity index (χ4v) is 2.85. The summed E-state index contributed by atoms with van der Waals surface area (Å²) in [6, 6.07) is 5.44. The van der Waals surface area contributed by atoms with E-state index in [1.807, 2.05) is 11.0 Å². The van der Waals surface area contributed by atoms with Gasteiger partial charge in [-0.25, -0.2) is 0 Å². The second-order valence-corrected chi connectivity index (χ2v) is 6.35. The topological polar surface area (TPSA) is 29.5 Å². The van der Waals surface area contributed by atoms with Crippen LogP contribution < -0.4 is 4.74 Å². The summed E-state index contributed by atoms with van der Waals surface area (Å²) in [6.07, 6.45) is 0.943. The lowest BCUT2D eigenvalue weighted by Crippen LogP contribution is -2.43. The standard InChI is InChI=1S/C14H17BrClNO2/c1-9-5-6-17(8-12(9)16)14(18)11-4-3-10(15)7-13(11)19-2/h3-4,7,9,12H,5-6,8H2,1-2H3. The van der Waals surface area contributed by atoms with Gasteiger partial charge >= 0.3 is 0 Å². The molecule has 0 aliphatic carbocycles. The van der Waals surface area contributed by atoms with Crippen molar-refractivity contribution >= 4 is 33.4 Å². The number of amides is 1. The van der Waals surface area contributed by atoms with Crippen LogP contribution >= 0.6 is 27.5 Å². The van der Waals surface area contributed by atoms with Crippen LogP contribution in [0.3, 0.4) is 0 Å². The highest BCUT2D eigenvalue weighted by Crippen LogP contribution is 2.28. The Balaban J connectivity index is 2.20. The van der Waals surface area contributed by atoms with E-state index in [4.69, 9.17) is 16.3 Å². The van der Waals surface area contributed by atoms with Gasteiger partial charge in [0.15, 0.2) is 0 Å². The van der Waals surface area contributed by atoms with Gasteiger partial charge in [-0.05, 0) is 30.5 Å². The predicted octanol–water partition coefficient (Wildman–Crippen LogP) is 3.55. The minimum absolute atomic E-state index is 0.0121. The molecule has 1 fully saturated rings. The van der Waals surface area contributed by atoms with Crippen molar-refractivity contribution in [1.29, 1.82) is 0 Å². The molecule has 1 aliphatic heterocycles. The number of ether oxygens (including phenoxy) is 1. The number of carbonyl (C=O) groups is 1. The van der Waals surface area contributed by atoms with E-state index in [1.54, 1.807) is 19.2 Å². The Hall–Kier alpha value is -0.740. The van der Waals surface area contributed by atoms with Gasteiger partial charge in [0, 0.05) is 17.6 Å². The number of methoxy groups -OCH3 is 1. The molecule has 0 aromatic heterocycles. The zero-order valence-electron chi connectivity index (χ0n) is 11.0. The molecule has 2 rings (SSSR count). The van der Waals surface area contributed by atoms with E-state index >= 15 is 0 Å². The van der Waals surface area contributed by atoms with E-state index < -0.39 is 0 Å². The fourth-order valence-electron chi connectivity index (χ4n) is 2.22. The molecule has 3 nitrogen and oxygen atoms in total. The molecule has 1 aromatic rings. The molecule has 1 heterocycles. The van der Waals surface area contributed by atoms with Crippen molar-refractivity contribution < 1.29 is 9.53 Å². The van der Waals surface area contributed by atoms with Gasteiger partial charge < -0.3 is 9.64 Å². The molecule has 0 spiro atoms. The van der Waals surface area contributed by atoms with Crippen LogP contribution in [-0.4, -0.2) is 36.4 Å². The van der Waals surface area contributed by atoms with Crippen LogP contribution in [0.25, 0.3) is 0 Å². The summed E-state index contributed by atoms with van der Waals surface area (Å²) in [6.45, 7) is 3.48. The third-order valence-corrected chi connectivity index (χ3v) is 4.61. The van der Waals surface area contributed by atoms with E-state index in [2.05, 4.69) is 22.9 Å². The molecule has 2 unspecified atom stereocenters. The highest BCUT2D eigenvalue weighted by molar-refractivity contribution is 9.10. The third kappa shape index (κ3) is 3.23. The monoisotopic (exact) mass is 345 g/mol. The SMILES string of the molecule is COc1cc(Br)ccc1C(=O)N1CCC(C)C(Cl)C1. The molecule has 1 amide bonds. The van der Waals surface area contributed by atoms with Gasteiger partial charge in [0.05, 0.1) is 18.1 Å². The summed E-state index contributed by atoms with van der Waals surface area (Å²) >= 11 is 9.63. The first-order chi connectivity index (χ1) is 9.02. The average Bonchev–Trinajstić information content (AvgIpc) is 2.41. The van der Waals surface area contributed by atoms with E-state index in [0.717, 1.165) is 17.4 Å². The van der Waals surface area contributed by atoms with Crippen molar-refractivity contribution in [1.82, 2.24) is 4.90 Å². The van der Waals surface area contributed by atoms with Crippen molar-refractivity contribution in [3.8, 4) is 5.75 Å². The Labute approximate surface area is 127 Å². The summed E-state index contributed by atoms with van der Waals surface area (Å²) in [5.74, 6) is 1.03. The molecule has 104 valence electrons. The van der Waals surface area contributed by atoms with Crippen molar-refractivity contribution in [2.75, 3.05) is 20.2 Å². The van der Waals surface area contributed by atoms with Crippen molar-refractivity contribution in [3.05, 3.63) is 28.2 Å². The third-order valence-electron chi connectivity index (χ3n) is 3.55. The molecule has 1 aliphatic rings. The molecule has 0 N–H and O–H groups in total. The van der Waals surface area contributed by atoms with Crippen molar-refractivity contribution in [2.24, 2.45) is 5.92 Å². The van der Waals surface area contributed by atoms with Gasteiger partial charge in [0.2, 0.25) is 0 Å². The van der Waals surface area contributed by atoms with E-state index in [-0.39, 0.29) is 11.3 Å². The lowest BCUT2D eigenvalue weighted by molar-refractivity contribution is 0.0698. The molecule has 19 heavy (non-hydrogen) atoms. The molecular formula is C14H17BrClNO2. The van der Waals surface area contributed by atoms with Gasteiger partial charge in [-0.3, -0.25) is 4.79 Å². The number of hydrogen-bond donors (Lipinski definition) is 0. The molecular weight excluding hydrogens is 330 g/mol. The molecule has 1 saturated heterocycles. The van der Waals surface area contributed by atoms with Crippen LogP contribution in [0.2, 0.25) is 0 Å². The van der Waals surface area contributed by atoms with Crippen LogP contribution in [-0.2, 0) is 0 Å². The predicted molar refractivity (Wildman–Crippen MR) is 80.0 cm³/mol. The summed E-state index contributed by atoms with van der Waals surface area (Å²) in [5.41, 5.74) is 0.587. The first kappa shape index (κ1) is 14.7. The number of halogens is 2. The Bertz CT molecular complexity index is 481. The van der Waals surface area contributed by atoms with Crippen LogP contribution in [0.5, 0.6) is 5.75 Å². The maximum absolute atomic E-state index is 12.5. The second kappa shape index (κ2) is 6.14. The second-order valence-electron chi connectivity index (χ2n) is 4.88. The van der Waals surface area contributed by atoms with Crippen LogP contribution in [0.1, 0.15) is 23.7 Å². The summed E-state index contributed by atoms with van der Waals surface area (Å²) in [4.78, 5) is 14.3. The first-order valence-electron chi connectivity index (χ1n) is 6.29. The molecule has 0 bridgehead atoms. The van der Waals surface area contributed by atoms with Gasteiger partial charge in [-0.2, -0.15) is 0 Å². The van der Waals surface area contributed by atoms with Crippen molar-refractivity contribution in [3.63, 3.8) is 0 Å².